The third-order valence-corrected chi connectivity index (χ3v) is 4.37. The summed E-state index contributed by atoms with van der Waals surface area (Å²) < 4.78 is 0. The van der Waals surface area contributed by atoms with Gasteiger partial charge in [-0.1, -0.05) is 18.6 Å². The molecule has 2 aliphatic rings. The molecule has 0 bridgehead atoms. The van der Waals surface area contributed by atoms with E-state index in [0.717, 1.165) is 25.9 Å². The zero-order valence-electron chi connectivity index (χ0n) is 11.6. The molecule has 0 aromatic carbocycles. The van der Waals surface area contributed by atoms with E-state index >= 15 is 0 Å². The summed E-state index contributed by atoms with van der Waals surface area (Å²) in [6, 6.07) is 0.246. The Balaban J connectivity index is 2.08. The van der Waals surface area contributed by atoms with Crippen LogP contribution in [0.15, 0.2) is 11.6 Å². The van der Waals surface area contributed by atoms with E-state index in [1.807, 2.05) is 0 Å². The molecule has 1 saturated heterocycles. The molecule has 3 unspecified atom stereocenters. The monoisotopic (exact) mass is 251 g/mol. The van der Waals surface area contributed by atoms with Crippen LogP contribution in [0.3, 0.4) is 0 Å². The fourth-order valence-electron chi connectivity index (χ4n) is 3.74. The van der Waals surface area contributed by atoms with Crippen LogP contribution in [0.2, 0.25) is 0 Å². The maximum Gasteiger partial charge on any atom is 0.304 e. The van der Waals surface area contributed by atoms with Crippen molar-refractivity contribution in [3.05, 3.63) is 11.6 Å². The zero-order valence-corrected chi connectivity index (χ0v) is 11.6. The van der Waals surface area contributed by atoms with Gasteiger partial charge in [0.05, 0.1) is 6.42 Å². The van der Waals surface area contributed by atoms with Crippen LogP contribution in [-0.4, -0.2) is 35.1 Å². The fourth-order valence-corrected chi connectivity index (χ4v) is 3.74. The molecule has 102 valence electrons. The third-order valence-electron chi connectivity index (χ3n) is 4.37. The van der Waals surface area contributed by atoms with Crippen molar-refractivity contribution in [2.45, 2.75) is 52.0 Å². The van der Waals surface area contributed by atoms with Crippen molar-refractivity contribution in [1.29, 1.82) is 0 Å². The highest BCUT2D eigenvalue weighted by Crippen LogP contribution is 2.34. The largest absolute Gasteiger partial charge is 0.481 e. The van der Waals surface area contributed by atoms with E-state index in [1.165, 1.54) is 18.4 Å². The lowest BCUT2D eigenvalue weighted by Crippen LogP contribution is -2.41. The van der Waals surface area contributed by atoms with E-state index in [2.05, 4.69) is 24.8 Å². The lowest BCUT2D eigenvalue weighted by atomic mass is 9.78. The summed E-state index contributed by atoms with van der Waals surface area (Å²) >= 11 is 0. The highest BCUT2D eigenvalue weighted by molar-refractivity contribution is 5.67. The maximum atomic E-state index is 11.1. The average molecular weight is 251 g/mol. The molecule has 1 heterocycles. The van der Waals surface area contributed by atoms with Gasteiger partial charge in [0.2, 0.25) is 0 Å². The van der Waals surface area contributed by atoms with Gasteiger partial charge in [-0.3, -0.25) is 9.69 Å². The molecule has 1 aliphatic carbocycles. The summed E-state index contributed by atoms with van der Waals surface area (Å²) in [6.45, 7) is 6.61. The zero-order chi connectivity index (χ0) is 13.1. The number of hydrogen-bond acceptors (Lipinski definition) is 2. The predicted molar refractivity (Wildman–Crippen MR) is 72.5 cm³/mol. The van der Waals surface area contributed by atoms with Crippen molar-refractivity contribution in [2.75, 3.05) is 13.1 Å². The van der Waals surface area contributed by atoms with Gasteiger partial charge in [0.25, 0.3) is 0 Å². The van der Waals surface area contributed by atoms with Crippen LogP contribution < -0.4 is 0 Å². The molecule has 3 atom stereocenters. The van der Waals surface area contributed by atoms with Crippen LogP contribution in [-0.2, 0) is 4.79 Å². The molecule has 0 saturated carbocycles. The topological polar surface area (TPSA) is 40.5 Å². The van der Waals surface area contributed by atoms with E-state index in [4.69, 9.17) is 5.11 Å². The summed E-state index contributed by atoms with van der Waals surface area (Å²) in [7, 11) is 0. The molecule has 1 fully saturated rings. The first-order valence-corrected chi connectivity index (χ1v) is 7.19. The predicted octanol–water partition coefficient (Wildman–Crippen LogP) is 2.92. The molecule has 1 N–H and O–H groups in total. The Morgan fingerprint density at radius 3 is 2.72 bits per heavy atom. The van der Waals surface area contributed by atoms with Crippen molar-refractivity contribution in [2.24, 2.45) is 11.8 Å². The minimum atomic E-state index is -0.647. The van der Waals surface area contributed by atoms with Gasteiger partial charge in [-0.25, -0.2) is 0 Å². The number of rotatable bonds is 4. The van der Waals surface area contributed by atoms with Gasteiger partial charge in [-0.15, -0.1) is 0 Å². The van der Waals surface area contributed by atoms with Gasteiger partial charge in [-0.05, 0) is 57.5 Å². The quantitative estimate of drug-likeness (QED) is 0.781. The molecule has 3 nitrogen and oxygen atoms in total. The lowest BCUT2D eigenvalue weighted by molar-refractivity contribution is -0.139. The number of carbonyl (C=O) groups is 1. The maximum absolute atomic E-state index is 11.1. The smallest absolute Gasteiger partial charge is 0.304 e. The van der Waals surface area contributed by atoms with E-state index < -0.39 is 5.97 Å². The molecule has 1 aliphatic heterocycles. The van der Waals surface area contributed by atoms with Crippen molar-refractivity contribution in [3.8, 4) is 0 Å². The molecule has 0 amide bonds. The normalized spacial score (nSPS) is 31.1. The Bertz CT molecular complexity index is 331. The van der Waals surface area contributed by atoms with Crippen LogP contribution in [0.1, 0.15) is 46.0 Å². The summed E-state index contributed by atoms with van der Waals surface area (Å²) in [4.78, 5) is 13.6. The number of carboxylic acid groups (broad SMARTS) is 1. The van der Waals surface area contributed by atoms with Crippen molar-refractivity contribution in [1.82, 2.24) is 4.90 Å². The minimum absolute atomic E-state index is 0.246. The third kappa shape index (κ3) is 3.35. The summed E-state index contributed by atoms with van der Waals surface area (Å²) in [5.41, 5.74) is 1.44. The number of allylic oxidation sites excluding steroid dienone is 2. The van der Waals surface area contributed by atoms with Gasteiger partial charge in [0.15, 0.2) is 0 Å². The molecule has 3 heteroatoms. The Hall–Kier alpha value is -0.830. The van der Waals surface area contributed by atoms with Gasteiger partial charge < -0.3 is 5.11 Å². The first kappa shape index (κ1) is 13.6. The van der Waals surface area contributed by atoms with Crippen molar-refractivity contribution in [3.63, 3.8) is 0 Å². The van der Waals surface area contributed by atoms with Gasteiger partial charge >= 0.3 is 5.97 Å². The highest BCUT2D eigenvalue weighted by atomic mass is 16.4. The first-order chi connectivity index (χ1) is 8.56. The molecule has 0 aromatic heterocycles. The number of carboxylic acids is 1. The Kier molecular flexibility index (Phi) is 4.44. The van der Waals surface area contributed by atoms with Crippen LogP contribution in [0, 0.1) is 11.8 Å². The Morgan fingerprint density at radius 1 is 1.50 bits per heavy atom. The number of hydrogen-bond donors (Lipinski definition) is 1. The fraction of sp³-hybridized carbons (Fsp3) is 0.800. The standard InChI is InChI=1S/C15H25NO2/c1-11-7-12(2)9-13(8-11)14(10-15(17)18)16-5-3-4-6-16/h7,11,13-14H,3-6,8-10H2,1-2H3,(H,17,18). The van der Waals surface area contributed by atoms with Gasteiger partial charge in [0, 0.05) is 6.04 Å². The molecule has 2 rings (SSSR count). The lowest BCUT2D eigenvalue weighted by Gasteiger charge is -2.37. The van der Waals surface area contributed by atoms with E-state index in [-0.39, 0.29) is 6.04 Å². The van der Waals surface area contributed by atoms with E-state index in [0.29, 0.717) is 18.3 Å². The second-order valence-corrected chi connectivity index (χ2v) is 6.10. The Morgan fingerprint density at radius 2 is 2.17 bits per heavy atom. The molecule has 0 aromatic rings. The summed E-state index contributed by atoms with van der Waals surface area (Å²) in [5.74, 6) is 0.480. The SMILES string of the molecule is CC1=CC(C)CC(C(CC(=O)O)N2CCCC2)C1. The molecule has 18 heavy (non-hydrogen) atoms. The minimum Gasteiger partial charge on any atom is -0.481 e. The molecular weight excluding hydrogens is 226 g/mol. The average Bonchev–Trinajstić information content (AvgIpc) is 2.77. The van der Waals surface area contributed by atoms with Crippen LogP contribution in [0.4, 0.5) is 0 Å². The summed E-state index contributed by atoms with van der Waals surface area (Å²) in [6.07, 6.45) is 7.34. The molecule has 0 spiro atoms. The van der Waals surface area contributed by atoms with Crippen LogP contribution in [0.5, 0.6) is 0 Å². The van der Waals surface area contributed by atoms with Crippen molar-refractivity contribution < 1.29 is 9.90 Å². The molecular formula is C15H25NO2. The van der Waals surface area contributed by atoms with Crippen molar-refractivity contribution >= 4 is 5.97 Å². The van der Waals surface area contributed by atoms with Crippen LogP contribution in [0.25, 0.3) is 0 Å². The van der Waals surface area contributed by atoms with Gasteiger partial charge in [-0.2, -0.15) is 0 Å². The first-order valence-electron chi connectivity index (χ1n) is 7.19. The van der Waals surface area contributed by atoms with Gasteiger partial charge in [0.1, 0.15) is 0 Å². The second kappa shape index (κ2) is 5.87. The van der Waals surface area contributed by atoms with E-state index in [1.54, 1.807) is 0 Å². The van der Waals surface area contributed by atoms with Crippen LogP contribution >= 0.6 is 0 Å². The number of nitrogens with zero attached hydrogens (tertiary/aromatic N) is 1. The summed E-state index contributed by atoms with van der Waals surface area (Å²) in [5, 5.41) is 9.17. The number of likely N-dealkylation sites (tertiary alicyclic amines) is 1. The molecule has 0 radical (unpaired) electrons. The highest BCUT2D eigenvalue weighted by Gasteiger charge is 2.33. The number of aliphatic carboxylic acids is 1. The Labute approximate surface area is 110 Å². The second-order valence-electron chi connectivity index (χ2n) is 6.10. The van der Waals surface area contributed by atoms with E-state index in [9.17, 15) is 4.79 Å².